The van der Waals surface area contributed by atoms with Crippen LogP contribution in [-0.4, -0.2) is 0 Å². The molecule has 0 saturated heterocycles. The van der Waals surface area contributed by atoms with Gasteiger partial charge in [0.05, 0.1) is 0 Å². The van der Waals surface area contributed by atoms with Crippen molar-refractivity contribution >= 4 is 0 Å². The summed E-state index contributed by atoms with van der Waals surface area (Å²) in [5.74, 6) is -0.944. The molecular formula is C7H10F2. The van der Waals surface area contributed by atoms with E-state index < -0.39 is 11.7 Å². The van der Waals surface area contributed by atoms with Crippen LogP contribution in [0.1, 0.15) is 20.3 Å². The molecule has 0 aromatic heterocycles. The Morgan fingerprint density at radius 2 is 2.00 bits per heavy atom. The van der Waals surface area contributed by atoms with Crippen LogP contribution in [0.3, 0.4) is 0 Å². The molecule has 52 valence electrons. The molecule has 0 bridgehead atoms. The van der Waals surface area contributed by atoms with Gasteiger partial charge in [-0.2, -0.15) is 0 Å². The molecule has 0 N–H and O–H groups in total. The monoisotopic (exact) mass is 132 g/mol. The normalized spacial score (nSPS) is 14.2. The average molecular weight is 132 g/mol. The molecule has 0 spiro atoms. The first-order valence-electron chi connectivity index (χ1n) is 2.88. The Balaban J connectivity index is 3.95. The lowest BCUT2D eigenvalue weighted by molar-refractivity contribution is 0.587. The molecule has 0 amide bonds. The lowest BCUT2D eigenvalue weighted by Crippen LogP contribution is -1.69. The summed E-state index contributed by atoms with van der Waals surface area (Å²) in [6.45, 7) is 3.16. The highest BCUT2D eigenvalue weighted by Crippen LogP contribution is 2.07. The van der Waals surface area contributed by atoms with Gasteiger partial charge in [-0.25, -0.2) is 8.78 Å². The van der Waals surface area contributed by atoms with Crippen LogP contribution in [0.4, 0.5) is 8.78 Å². The van der Waals surface area contributed by atoms with Crippen molar-refractivity contribution in [3.8, 4) is 0 Å². The van der Waals surface area contributed by atoms with Crippen LogP contribution in [0.5, 0.6) is 0 Å². The number of allylic oxidation sites excluding steroid dienone is 4. The summed E-state index contributed by atoms with van der Waals surface area (Å²) < 4.78 is 24.3. The van der Waals surface area contributed by atoms with Gasteiger partial charge in [-0.3, -0.25) is 0 Å². The van der Waals surface area contributed by atoms with Gasteiger partial charge in [0.2, 0.25) is 0 Å². The van der Waals surface area contributed by atoms with Gasteiger partial charge in [-0.05, 0) is 13.3 Å². The fourth-order valence-corrected chi connectivity index (χ4v) is 0.335. The standard InChI is InChI=1S/C7H10F2/c1-3-6(8)5-7(9)4-2/h3,5H,4H2,1-2H3. The number of rotatable bonds is 2. The van der Waals surface area contributed by atoms with Crippen LogP contribution in [0, 0.1) is 0 Å². The third kappa shape index (κ3) is 3.88. The molecular weight excluding hydrogens is 122 g/mol. The number of halogens is 2. The summed E-state index contributed by atoms with van der Waals surface area (Å²) in [7, 11) is 0. The molecule has 0 radical (unpaired) electrons. The van der Waals surface area contributed by atoms with E-state index in [1.165, 1.54) is 13.0 Å². The average Bonchev–Trinajstić information content (AvgIpc) is 1.87. The maximum atomic E-state index is 12.1. The SMILES string of the molecule is CC=C(F)C=C(F)CC. The van der Waals surface area contributed by atoms with E-state index in [0.717, 1.165) is 6.08 Å². The first kappa shape index (κ1) is 8.34. The summed E-state index contributed by atoms with van der Waals surface area (Å²) in [6.07, 6.45) is 2.36. The minimum atomic E-state index is -0.519. The van der Waals surface area contributed by atoms with Crippen LogP contribution in [0.25, 0.3) is 0 Å². The van der Waals surface area contributed by atoms with E-state index in [0.29, 0.717) is 0 Å². The molecule has 0 rings (SSSR count). The minimum absolute atomic E-state index is 0.251. The molecule has 2 heteroatoms. The van der Waals surface area contributed by atoms with Crippen LogP contribution in [0.15, 0.2) is 23.8 Å². The van der Waals surface area contributed by atoms with Crippen LogP contribution in [-0.2, 0) is 0 Å². The first-order chi connectivity index (χ1) is 4.20. The zero-order valence-corrected chi connectivity index (χ0v) is 5.62. The Kier molecular flexibility index (Phi) is 3.93. The Morgan fingerprint density at radius 1 is 1.44 bits per heavy atom. The second-order valence-corrected chi connectivity index (χ2v) is 1.62. The van der Waals surface area contributed by atoms with Crippen LogP contribution < -0.4 is 0 Å². The van der Waals surface area contributed by atoms with E-state index >= 15 is 0 Å². The van der Waals surface area contributed by atoms with E-state index in [-0.39, 0.29) is 6.42 Å². The maximum absolute atomic E-state index is 12.1. The summed E-state index contributed by atoms with van der Waals surface area (Å²) in [6, 6.07) is 0. The summed E-state index contributed by atoms with van der Waals surface area (Å²) in [5.41, 5.74) is 0. The molecule has 0 atom stereocenters. The lowest BCUT2D eigenvalue weighted by atomic mass is 10.3. The predicted octanol–water partition coefficient (Wildman–Crippen LogP) is 3.12. The zero-order valence-electron chi connectivity index (χ0n) is 5.62. The van der Waals surface area contributed by atoms with Gasteiger partial charge >= 0.3 is 0 Å². The molecule has 0 aliphatic heterocycles. The van der Waals surface area contributed by atoms with Gasteiger partial charge in [-0.15, -0.1) is 0 Å². The van der Waals surface area contributed by atoms with Crippen molar-refractivity contribution in [2.45, 2.75) is 20.3 Å². The second-order valence-electron chi connectivity index (χ2n) is 1.62. The zero-order chi connectivity index (χ0) is 7.28. The highest BCUT2D eigenvalue weighted by Gasteiger charge is 1.90. The van der Waals surface area contributed by atoms with E-state index in [1.807, 2.05) is 0 Å². The van der Waals surface area contributed by atoms with Gasteiger partial charge < -0.3 is 0 Å². The van der Waals surface area contributed by atoms with Crippen molar-refractivity contribution in [1.82, 2.24) is 0 Å². The third-order valence-corrected chi connectivity index (χ3v) is 0.908. The topological polar surface area (TPSA) is 0 Å². The highest BCUT2D eigenvalue weighted by molar-refractivity contribution is 5.12. The van der Waals surface area contributed by atoms with Crippen LogP contribution in [0.2, 0.25) is 0 Å². The molecule has 0 aromatic rings. The molecule has 0 aliphatic carbocycles. The van der Waals surface area contributed by atoms with E-state index in [9.17, 15) is 8.78 Å². The molecule has 0 aromatic carbocycles. The first-order valence-corrected chi connectivity index (χ1v) is 2.88. The summed E-state index contributed by atoms with van der Waals surface area (Å²) in [5, 5.41) is 0. The number of hydrogen-bond donors (Lipinski definition) is 0. The quantitative estimate of drug-likeness (QED) is 0.506. The van der Waals surface area contributed by atoms with Crippen molar-refractivity contribution in [3.05, 3.63) is 23.8 Å². The second kappa shape index (κ2) is 4.24. The van der Waals surface area contributed by atoms with Gasteiger partial charge in [0, 0.05) is 6.08 Å². The van der Waals surface area contributed by atoms with Crippen molar-refractivity contribution in [1.29, 1.82) is 0 Å². The fourth-order valence-electron chi connectivity index (χ4n) is 0.335. The molecule has 0 saturated carbocycles. The number of hydrogen-bond acceptors (Lipinski definition) is 0. The Morgan fingerprint density at radius 3 is 2.33 bits per heavy atom. The van der Waals surface area contributed by atoms with Gasteiger partial charge in [0.15, 0.2) is 0 Å². The third-order valence-electron chi connectivity index (χ3n) is 0.908. The fraction of sp³-hybridized carbons (Fsp3) is 0.429. The highest BCUT2D eigenvalue weighted by atomic mass is 19.1. The van der Waals surface area contributed by atoms with Crippen molar-refractivity contribution in [2.24, 2.45) is 0 Å². The Hall–Kier alpha value is -0.660. The Bertz CT molecular complexity index is 134. The predicted molar refractivity (Wildman–Crippen MR) is 34.3 cm³/mol. The summed E-state index contributed by atoms with van der Waals surface area (Å²) in [4.78, 5) is 0. The van der Waals surface area contributed by atoms with Crippen molar-refractivity contribution in [2.75, 3.05) is 0 Å². The molecule has 0 fully saturated rings. The molecule has 0 heterocycles. The van der Waals surface area contributed by atoms with Gasteiger partial charge in [-0.1, -0.05) is 13.0 Å². The molecule has 0 nitrogen and oxygen atoms in total. The van der Waals surface area contributed by atoms with E-state index in [4.69, 9.17) is 0 Å². The van der Waals surface area contributed by atoms with E-state index in [2.05, 4.69) is 0 Å². The van der Waals surface area contributed by atoms with E-state index in [1.54, 1.807) is 6.92 Å². The van der Waals surface area contributed by atoms with Crippen LogP contribution >= 0.6 is 0 Å². The molecule has 0 unspecified atom stereocenters. The van der Waals surface area contributed by atoms with Crippen molar-refractivity contribution < 1.29 is 8.78 Å². The molecule has 0 aliphatic rings. The van der Waals surface area contributed by atoms with Crippen molar-refractivity contribution in [3.63, 3.8) is 0 Å². The van der Waals surface area contributed by atoms with Gasteiger partial charge in [0.25, 0.3) is 0 Å². The lowest BCUT2D eigenvalue weighted by Gasteiger charge is -1.86. The maximum Gasteiger partial charge on any atom is 0.121 e. The largest absolute Gasteiger partial charge is 0.212 e. The smallest absolute Gasteiger partial charge is 0.121 e. The summed E-state index contributed by atoms with van der Waals surface area (Å²) >= 11 is 0. The Labute approximate surface area is 53.9 Å². The minimum Gasteiger partial charge on any atom is -0.212 e. The van der Waals surface area contributed by atoms with Gasteiger partial charge in [0.1, 0.15) is 11.7 Å². The molecule has 9 heavy (non-hydrogen) atoms.